The highest BCUT2D eigenvalue weighted by atomic mass is 16.5. The molecular formula is C45H47N5O4. The highest BCUT2D eigenvalue weighted by molar-refractivity contribution is 6.02. The third-order valence-electron chi connectivity index (χ3n) is 11.5. The number of hydrogen-bond acceptors (Lipinski definition) is 7. The Kier molecular flexibility index (Phi) is 9.67. The lowest BCUT2D eigenvalue weighted by atomic mass is 9.80. The molecule has 0 radical (unpaired) electrons. The van der Waals surface area contributed by atoms with Crippen molar-refractivity contribution in [3.05, 3.63) is 117 Å². The number of fused-ring (bicyclic) bond motifs is 4. The number of piperidine rings is 1. The summed E-state index contributed by atoms with van der Waals surface area (Å²) < 4.78 is 12.1. The standard InChI is InChI=1S/C23H24N2O2.C21H19N3O2.CH4/c1-14-5-7-15(8-6-14)9-10-16-11-12-19-18(13-16)22-21-17(23(26)25-24-22)3-2-4-20(21)27-19;1-13-7-9-24(10-8-13)12-14-5-6-17-16(11-14)20-19-15(21(25)23-22-20)3-2-4-18(19)26-17;/h2-4,11-15H,5-10H2,1H3,(H,25,26);2-6,11H,1,7-10,12H2,(H,23,25);1H4. The molecule has 0 amide bonds. The largest absolute Gasteiger partial charge is 0.456 e. The maximum atomic E-state index is 12.1. The van der Waals surface area contributed by atoms with Gasteiger partial charge in [0.05, 0.1) is 21.5 Å². The lowest BCUT2D eigenvalue weighted by Crippen LogP contribution is -2.29. The molecule has 4 aromatic carbocycles. The van der Waals surface area contributed by atoms with Crippen LogP contribution in [-0.2, 0) is 13.0 Å². The third kappa shape index (κ3) is 6.73. The molecule has 54 heavy (non-hydrogen) atoms. The van der Waals surface area contributed by atoms with Gasteiger partial charge in [0, 0.05) is 30.8 Å². The molecule has 6 aromatic rings. The average Bonchev–Trinajstić information content (AvgIpc) is 3.18. The predicted molar refractivity (Wildman–Crippen MR) is 216 cm³/mol. The Hall–Kier alpha value is -5.54. The van der Waals surface area contributed by atoms with Crippen LogP contribution in [0.4, 0.5) is 0 Å². The number of likely N-dealkylation sites (tertiary alicyclic amines) is 1. The Morgan fingerprint density at radius 1 is 0.722 bits per heavy atom. The van der Waals surface area contributed by atoms with Crippen LogP contribution in [0.1, 0.15) is 70.4 Å². The van der Waals surface area contributed by atoms with Gasteiger partial charge in [0.25, 0.3) is 11.1 Å². The fourth-order valence-corrected chi connectivity index (χ4v) is 8.40. The van der Waals surface area contributed by atoms with Gasteiger partial charge >= 0.3 is 0 Å². The molecule has 2 aromatic heterocycles. The molecular weight excluding hydrogens is 675 g/mol. The first-order valence-corrected chi connectivity index (χ1v) is 18.9. The molecule has 0 bridgehead atoms. The van der Waals surface area contributed by atoms with E-state index in [0.717, 1.165) is 95.5 Å². The molecule has 1 saturated heterocycles. The molecule has 1 saturated carbocycles. The fourth-order valence-electron chi connectivity index (χ4n) is 8.40. The van der Waals surface area contributed by atoms with Crippen molar-refractivity contribution in [2.75, 3.05) is 13.1 Å². The molecule has 0 spiro atoms. The van der Waals surface area contributed by atoms with Crippen LogP contribution >= 0.6 is 0 Å². The smallest absolute Gasteiger partial charge is 0.272 e. The second-order valence-electron chi connectivity index (χ2n) is 15.2. The van der Waals surface area contributed by atoms with E-state index in [9.17, 15) is 9.59 Å². The number of H-pyrrole nitrogens is 2. The highest BCUT2D eigenvalue weighted by Gasteiger charge is 2.25. The number of aromatic nitrogens is 4. The second kappa shape index (κ2) is 14.7. The van der Waals surface area contributed by atoms with E-state index in [0.29, 0.717) is 22.3 Å². The van der Waals surface area contributed by atoms with Crippen molar-refractivity contribution in [3.8, 4) is 45.5 Å². The molecule has 276 valence electrons. The van der Waals surface area contributed by atoms with E-state index in [2.05, 4.69) is 63.1 Å². The van der Waals surface area contributed by atoms with Crippen LogP contribution in [0.5, 0.6) is 23.0 Å². The Morgan fingerprint density at radius 3 is 1.83 bits per heavy atom. The predicted octanol–water partition coefficient (Wildman–Crippen LogP) is 9.94. The molecule has 4 aliphatic rings. The minimum absolute atomic E-state index is 0. The molecule has 0 unspecified atom stereocenters. The van der Waals surface area contributed by atoms with Gasteiger partial charge in [-0.3, -0.25) is 14.5 Å². The minimum Gasteiger partial charge on any atom is -0.456 e. The molecule has 2 fully saturated rings. The SMILES string of the molecule is C.C=C1CCN(Cc2ccc3c(c2)-c2n[nH]c(=O)c4cccc(c24)O3)CC1.CC1CCC(CCc2ccc3c(c2)-c2n[nH]c(=O)c4cccc(c24)O3)CC1. The van der Waals surface area contributed by atoms with E-state index in [4.69, 9.17) is 9.47 Å². The number of aryl methyl sites for hydroxylation is 1. The van der Waals surface area contributed by atoms with Crippen LogP contribution in [0, 0.1) is 11.8 Å². The van der Waals surface area contributed by atoms with Crippen LogP contribution in [0.2, 0.25) is 0 Å². The summed E-state index contributed by atoms with van der Waals surface area (Å²) in [5.74, 6) is 4.73. The number of nitrogens with zero attached hydrogens (tertiary/aromatic N) is 3. The molecule has 9 heteroatoms. The lowest BCUT2D eigenvalue weighted by molar-refractivity contribution is 0.248. The summed E-state index contributed by atoms with van der Waals surface area (Å²) in [5.41, 5.74) is 7.02. The molecule has 5 heterocycles. The zero-order valence-electron chi connectivity index (χ0n) is 30.0. The van der Waals surface area contributed by atoms with Crippen LogP contribution in [-0.4, -0.2) is 38.4 Å². The molecule has 2 N–H and O–H groups in total. The van der Waals surface area contributed by atoms with Gasteiger partial charge in [0.1, 0.15) is 34.4 Å². The van der Waals surface area contributed by atoms with Crippen molar-refractivity contribution < 1.29 is 9.47 Å². The van der Waals surface area contributed by atoms with E-state index < -0.39 is 0 Å². The van der Waals surface area contributed by atoms with Gasteiger partial charge in [0.15, 0.2) is 0 Å². The zero-order chi connectivity index (χ0) is 36.1. The first kappa shape index (κ1) is 35.5. The van der Waals surface area contributed by atoms with Crippen LogP contribution < -0.4 is 20.6 Å². The Bertz CT molecular complexity index is 2500. The average molecular weight is 722 g/mol. The van der Waals surface area contributed by atoms with Crippen molar-refractivity contribution >= 4 is 21.5 Å². The van der Waals surface area contributed by atoms with Crippen LogP contribution in [0.3, 0.4) is 0 Å². The van der Waals surface area contributed by atoms with Gasteiger partial charge in [-0.1, -0.05) is 76.5 Å². The second-order valence-corrected chi connectivity index (χ2v) is 15.2. The lowest BCUT2D eigenvalue weighted by Gasteiger charge is -2.28. The van der Waals surface area contributed by atoms with E-state index in [1.807, 2.05) is 48.5 Å². The number of rotatable bonds is 5. The van der Waals surface area contributed by atoms with Gasteiger partial charge in [-0.25, -0.2) is 10.2 Å². The molecule has 10 rings (SSSR count). The summed E-state index contributed by atoms with van der Waals surface area (Å²) in [6.07, 6.45) is 9.96. The Balaban J connectivity index is 0.000000150. The van der Waals surface area contributed by atoms with Crippen molar-refractivity contribution in [3.63, 3.8) is 0 Å². The molecule has 9 nitrogen and oxygen atoms in total. The van der Waals surface area contributed by atoms with Crippen LogP contribution in [0.15, 0.2) is 94.5 Å². The van der Waals surface area contributed by atoms with Crippen molar-refractivity contribution in [1.82, 2.24) is 25.3 Å². The normalized spacial score (nSPS) is 18.4. The summed E-state index contributed by atoms with van der Waals surface area (Å²) in [5, 5.41) is 16.8. The minimum atomic E-state index is -0.192. The maximum Gasteiger partial charge on any atom is 0.272 e. The van der Waals surface area contributed by atoms with Gasteiger partial charge in [-0.15, -0.1) is 0 Å². The van der Waals surface area contributed by atoms with Gasteiger partial charge in [-0.05, 0) is 97.2 Å². The van der Waals surface area contributed by atoms with Gasteiger partial charge in [-0.2, -0.15) is 10.2 Å². The van der Waals surface area contributed by atoms with E-state index in [1.165, 1.54) is 48.8 Å². The fraction of sp³-hybridized carbons (Fsp3) is 0.333. The van der Waals surface area contributed by atoms with E-state index in [-0.39, 0.29) is 18.5 Å². The number of ether oxygens (including phenoxy) is 2. The molecule has 1 aliphatic carbocycles. The summed E-state index contributed by atoms with van der Waals surface area (Å²) in [7, 11) is 0. The van der Waals surface area contributed by atoms with E-state index >= 15 is 0 Å². The monoisotopic (exact) mass is 721 g/mol. The summed E-state index contributed by atoms with van der Waals surface area (Å²) in [4.78, 5) is 26.7. The number of benzene rings is 4. The molecule has 0 atom stereocenters. The number of nitrogens with one attached hydrogen (secondary N) is 2. The third-order valence-corrected chi connectivity index (χ3v) is 11.5. The zero-order valence-corrected chi connectivity index (χ0v) is 30.0. The quantitative estimate of drug-likeness (QED) is 0.170. The Labute approximate surface area is 315 Å². The summed E-state index contributed by atoms with van der Waals surface area (Å²) in [6, 6.07) is 23.7. The first-order chi connectivity index (χ1) is 25.9. The molecule has 3 aliphatic heterocycles. The highest BCUT2D eigenvalue weighted by Crippen LogP contribution is 2.46. The first-order valence-electron chi connectivity index (χ1n) is 18.9. The van der Waals surface area contributed by atoms with Gasteiger partial charge in [0.2, 0.25) is 0 Å². The Morgan fingerprint density at radius 2 is 1.26 bits per heavy atom. The van der Waals surface area contributed by atoms with Crippen molar-refractivity contribution in [2.24, 2.45) is 11.8 Å². The van der Waals surface area contributed by atoms with Crippen molar-refractivity contribution in [2.45, 2.75) is 72.3 Å². The topological polar surface area (TPSA) is 113 Å². The summed E-state index contributed by atoms with van der Waals surface area (Å²) >= 11 is 0. The van der Waals surface area contributed by atoms with Crippen LogP contribution in [0.25, 0.3) is 44.1 Å². The van der Waals surface area contributed by atoms with Crippen molar-refractivity contribution in [1.29, 1.82) is 0 Å². The number of hydrogen-bond donors (Lipinski definition) is 2. The van der Waals surface area contributed by atoms with E-state index in [1.54, 1.807) is 0 Å². The van der Waals surface area contributed by atoms with Gasteiger partial charge < -0.3 is 9.47 Å². The maximum absolute atomic E-state index is 12.1. The summed E-state index contributed by atoms with van der Waals surface area (Å²) in [6.45, 7) is 9.46. The number of aromatic amines is 2.